The fourth-order valence-corrected chi connectivity index (χ4v) is 1.38. The van der Waals surface area contributed by atoms with Crippen LogP contribution in [0.5, 0.6) is 0 Å². The molecule has 0 aliphatic heterocycles. The third kappa shape index (κ3) is 11.5. The Labute approximate surface area is 124 Å². The molecule has 0 radical (unpaired) electrons. The average Bonchev–Trinajstić information content (AvgIpc) is 2.39. The summed E-state index contributed by atoms with van der Waals surface area (Å²) < 4.78 is 5.81. The number of nitrogens with zero attached hydrogens (tertiary/aromatic N) is 2. The van der Waals surface area contributed by atoms with E-state index in [-0.39, 0.29) is 5.60 Å². The molecule has 0 aliphatic carbocycles. The van der Waals surface area contributed by atoms with E-state index in [1.807, 2.05) is 6.92 Å². The molecular formula is C17H26N2O. The zero-order valence-electron chi connectivity index (χ0n) is 13.4. The second kappa shape index (κ2) is 10.2. The van der Waals surface area contributed by atoms with Crippen LogP contribution in [0.3, 0.4) is 0 Å². The lowest BCUT2D eigenvalue weighted by Crippen LogP contribution is -2.23. The van der Waals surface area contributed by atoms with E-state index in [2.05, 4.69) is 50.6 Å². The van der Waals surface area contributed by atoms with E-state index in [0.717, 1.165) is 19.3 Å². The first kappa shape index (κ1) is 18.4. The van der Waals surface area contributed by atoms with Crippen molar-refractivity contribution in [3.8, 4) is 29.9 Å². The summed E-state index contributed by atoms with van der Waals surface area (Å²) in [5.41, 5.74) is -0.124. The number of hydrogen-bond acceptors (Lipinski definition) is 3. The molecule has 3 heteroatoms. The molecule has 0 saturated heterocycles. The molecule has 3 nitrogen and oxygen atoms in total. The Morgan fingerprint density at radius 1 is 1.15 bits per heavy atom. The van der Waals surface area contributed by atoms with Crippen LogP contribution in [-0.2, 0) is 4.74 Å². The van der Waals surface area contributed by atoms with Crippen molar-refractivity contribution in [1.29, 1.82) is 5.26 Å². The monoisotopic (exact) mass is 274 g/mol. The van der Waals surface area contributed by atoms with Gasteiger partial charge in [0.25, 0.3) is 0 Å². The van der Waals surface area contributed by atoms with Gasteiger partial charge in [0, 0.05) is 38.8 Å². The van der Waals surface area contributed by atoms with Crippen molar-refractivity contribution in [2.24, 2.45) is 5.92 Å². The number of rotatable bonds is 6. The lowest BCUT2D eigenvalue weighted by atomic mass is 10.0. The number of ether oxygens (including phenoxy) is 1. The van der Waals surface area contributed by atoms with Crippen molar-refractivity contribution in [3.63, 3.8) is 0 Å². The van der Waals surface area contributed by atoms with Crippen molar-refractivity contribution in [1.82, 2.24) is 4.90 Å². The molecule has 1 unspecified atom stereocenters. The third-order valence-electron chi connectivity index (χ3n) is 2.58. The molecule has 0 rings (SSSR count). The van der Waals surface area contributed by atoms with Crippen LogP contribution >= 0.6 is 0 Å². The standard InChI is InChI=1S/C17H26N2O/c1-6-7-11-16(14-20-17(2,3)4)12-9-8-10-13-19(5)15-18/h16H,10-14H2,1-5H3. The third-order valence-corrected chi connectivity index (χ3v) is 2.58. The van der Waals surface area contributed by atoms with Crippen molar-refractivity contribution in [2.45, 2.75) is 52.6 Å². The smallest absolute Gasteiger partial charge is 0.179 e. The number of hydrogen-bond donors (Lipinski definition) is 0. The zero-order valence-corrected chi connectivity index (χ0v) is 13.4. The molecule has 0 saturated carbocycles. The average molecular weight is 274 g/mol. The van der Waals surface area contributed by atoms with Gasteiger partial charge in [-0.2, -0.15) is 5.26 Å². The van der Waals surface area contributed by atoms with Crippen LogP contribution in [0.2, 0.25) is 0 Å². The minimum Gasteiger partial charge on any atom is -0.376 e. The summed E-state index contributed by atoms with van der Waals surface area (Å²) >= 11 is 0. The van der Waals surface area contributed by atoms with Gasteiger partial charge in [-0.1, -0.05) is 0 Å². The summed E-state index contributed by atoms with van der Waals surface area (Å²) in [5, 5.41) is 8.62. The first-order valence-electron chi connectivity index (χ1n) is 6.99. The topological polar surface area (TPSA) is 36.3 Å². The Kier molecular flexibility index (Phi) is 9.36. The summed E-state index contributed by atoms with van der Waals surface area (Å²) in [7, 11) is 1.76. The van der Waals surface area contributed by atoms with Gasteiger partial charge in [0.15, 0.2) is 6.19 Å². The van der Waals surface area contributed by atoms with Crippen molar-refractivity contribution in [3.05, 3.63) is 0 Å². The van der Waals surface area contributed by atoms with Crippen LogP contribution in [0.25, 0.3) is 0 Å². The van der Waals surface area contributed by atoms with E-state index >= 15 is 0 Å². The van der Waals surface area contributed by atoms with Gasteiger partial charge in [-0.05, 0) is 27.7 Å². The summed E-state index contributed by atoms with van der Waals surface area (Å²) in [6.45, 7) is 9.38. The zero-order chi connectivity index (χ0) is 15.4. The van der Waals surface area contributed by atoms with Gasteiger partial charge in [0.2, 0.25) is 0 Å². The molecule has 0 fully saturated rings. The van der Waals surface area contributed by atoms with E-state index in [0.29, 0.717) is 19.1 Å². The van der Waals surface area contributed by atoms with Crippen molar-refractivity contribution >= 4 is 0 Å². The van der Waals surface area contributed by atoms with E-state index in [1.165, 1.54) is 0 Å². The summed E-state index contributed by atoms with van der Waals surface area (Å²) in [6, 6.07) is 0. The molecule has 0 aromatic heterocycles. The van der Waals surface area contributed by atoms with Crippen molar-refractivity contribution in [2.75, 3.05) is 20.2 Å². The predicted octanol–water partition coefficient (Wildman–Crippen LogP) is 3.03. The SMILES string of the molecule is CC#CCC(CC#CCCN(C)C#N)COC(C)(C)C. The summed E-state index contributed by atoms with van der Waals surface area (Å²) in [4.78, 5) is 1.58. The molecule has 20 heavy (non-hydrogen) atoms. The van der Waals surface area contributed by atoms with Gasteiger partial charge in [-0.15, -0.1) is 23.7 Å². The van der Waals surface area contributed by atoms with Gasteiger partial charge in [0.1, 0.15) is 0 Å². The fourth-order valence-electron chi connectivity index (χ4n) is 1.38. The predicted molar refractivity (Wildman–Crippen MR) is 82.5 cm³/mol. The van der Waals surface area contributed by atoms with Crippen LogP contribution < -0.4 is 0 Å². The molecule has 0 amide bonds. The second-order valence-corrected chi connectivity index (χ2v) is 5.75. The Morgan fingerprint density at radius 3 is 2.35 bits per heavy atom. The van der Waals surface area contributed by atoms with Gasteiger partial charge in [-0.25, -0.2) is 0 Å². The first-order valence-corrected chi connectivity index (χ1v) is 6.99. The largest absolute Gasteiger partial charge is 0.376 e. The van der Waals surface area contributed by atoms with Crippen LogP contribution in [0.4, 0.5) is 0 Å². The Hall–Kier alpha value is -1.63. The normalized spacial score (nSPS) is 11.4. The highest BCUT2D eigenvalue weighted by molar-refractivity contribution is 5.04. The first-order chi connectivity index (χ1) is 9.39. The second-order valence-electron chi connectivity index (χ2n) is 5.75. The lowest BCUT2D eigenvalue weighted by molar-refractivity contribution is -0.0207. The highest BCUT2D eigenvalue weighted by Gasteiger charge is 2.14. The van der Waals surface area contributed by atoms with Crippen molar-refractivity contribution < 1.29 is 4.74 Å². The highest BCUT2D eigenvalue weighted by Crippen LogP contribution is 2.14. The molecule has 0 aromatic rings. The Bertz CT molecular complexity index is 420. The number of nitriles is 1. The molecule has 0 heterocycles. The summed E-state index contributed by atoms with van der Waals surface area (Å²) in [5.74, 6) is 12.7. The minimum absolute atomic E-state index is 0.124. The highest BCUT2D eigenvalue weighted by atomic mass is 16.5. The van der Waals surface area contributed by atoms with E-state index in [9.17, 15) is 0 Å². The van der Waals surface area contributed by atoms with Gasteiger partial charge in [-0.3, -0.25) is 0 Å². The quantitative estimate of drug-likeness (QED) is 0.424. The van der Waals surface area contributed by atoms with Gasteiger partial charge >= 0.3 is 0 Å². The van der Waals surface area contributed by atoms with Gasteiger partial charge < -0.3 is 9.64 Å². The summed E-state index contributed by atoms with van der Waals surface area (Å²) in [6.07, 6.45) is 4.39. The minimum atomic E-state index is -0.124. The molecule has 0 spiro atoms. The fraction of sp³-hybridized carbons (Fsp3) is 0.706. The maximum Gasteiger partial charge on any atom is 0.179 e. The van der Waals surface area contributed by atoms with E-state index in [1.54, 1.807) is 11.9 Å². The van der Waals surface area contributed by atoms with Crippen LogP contribution in [0.15, 0.2) is 0 Å². The molecule has 110 valence electrons. The van der Waals surface area contributed by atoms with E-state index < -0.39 is 0 Å². The Morgan fingerprint density at radius 2 is 1.80 bits per heavy atom. The molecular weight excluding hydrogens is 248 g/mol. The molecule has 0 aliphatic rings. The molecule has 0 bridgehead atoms. The Balaban J connectivity index is 4.19. The van der Waals surface area contributed by atoms with Gasteiger partial charge in [0.05, 0.1) is 12.2 Å². The van der Waals surface area contributed by atoms with Crippen LogP contribution in [0, 0.1) is 41.1 Å². The maximum absolute atomic E-state index is 8.62. The van der Waals surface area contributed by atoms with Crippen LogP contribution in [0.1, 0.15) is 47.0 Å². The molecule has 0 N–H and O–H groups in total. The van der Waals surface area contributed by atoms with E-state index in [4.69, 9.17) is 10.00 Å². The molecule has 0 aromatic carbocycles. The maximum atomic E-state index is 8.62. The van der Waals surface area contributed by atoms with Crippen LogP contribution in [-0.4, -0.2) is 30.7 Å². The lowest BCUT2D eigenvalue weighted by Gasteiger charge is -2.22. The molecule has 1 atom stereocenters.